The van der Waals surface area contributed by atoms with Gasteiger partial charge in [0.25, 0.3) is 0 Å². The third-order valence-electron chi connectivity index (χ3n) is 5.18. The monoisotopic (exact) mass is 394 g/mol. The molecule has 152 valence electrons. The van der Waals surface area contributed by atoms with Crippen LogP contribution in [0.2, 0.25) is 0 Å². The van der Waals surface area contributed by atoms with E-state index in [1.54, 1.807) is 19.2 Å². The predicted octanol–water partition coefficient (Wildman–Crippen LogP) is 3.25. The van der Waals surface area contributed by atoms with Gasteiger partial charge in [-0.3, -0.25) is 4.79 Å². The van der Waals surface area contributed by atoms with Crippen molar-refractivity contribution in [3.8, 4) is 11.5 Å². The number of methoxy groups -OCH3 is 1. The highest BCUT2D eigenvalue weighted by Crippen LogP contribution is 2.31. The second-order valence-electron chi connectivity index (χ2n) is 7.30. The number of imidazole rings is 1. The van der Waals surface area contributed by atoms with Gasteiger partial charge in [-0.1, -0.05) is 6.07 Å². The number of carbonyl (C=O) groups is 1. The summed E-state index contributed by atoms with van der Waals surface area (Å²) in [7, 11) is 1.60. The number of hydrogen-bond donors (Lipinski definition) is 2. The first-order chi connectivity index (χ1) is 14.2. The van der Waals surface area contributed by atoms with E-state index in [9.17, 15) is 4.79 Å². The van der Waals surface area contributed by atoms with Crippen LogP contribution in [0.3, 0.4) is 0 Å². The second-order valence-corrected chi connectivity index (χ2v) is 7.30. The summed E-state index contributed by atoms with van der Waals surface area (Å²) in [4.78, 5) is 16.8. The molecule has 0 spiro atoms. The van der Waals surface area contributed by atoms with E-state index in [2.05, 4.69) is 15.6 Å². The number of nitrogens with zero attached hydrogens (tertiary/aromatic N) is 2. The SMILES string of the molecule is COc1ccc(NC(=O)CCC2CCNC2)cc1OCc1cn2ccccc2n1. The Bertz CT molecular complexity index is 946. The number of nitrogens with one attached hydrogen (secondary N) is 2. The van der Waals surface area contributed by atoms with E-state index in [4.69, 9.17) is 9.47 Å². The van der Waals surface area contributed by atoms with E-state index >= 15 is 0 Å². The first kappa shape index (κ1) is 19.3. The van der Waals surface area contributed by atoms with Crippen molar-refractivity contribution in [3.63, 3.8) is 0 Å². The van der Waals surface area contributed by atoms with Gasteiger partial charge >= 0.3 is 0 Å². The lowest BCUT2D eigenvalue weighted by Gasteiger charge is -2.13. The van der Waals surface area contributed by atoms with Crippen LogP contribution in [-0.2, 0) is 11.4 Å². The maximum atomic E-state index is 12.3. The van der Waals surface area contributed by atoms with Crippen LogP contribution in [0.15, 0.2) is 48.8 Å². The van der Waals surface area contributed by atoms with Crippen LogP contribution in [0.5, 0.6) is 11.5 Å². The summed E-state index contributed by atoms with van der Waals surface area (Å²) in [6.07, 6.45) is 6.47. The maximum absolute atomic E-state index is 12.3. The molecule has 0 aliphatic carbocycles. The number of amides is 1. The van der Waals surface area contributed by atoms with Gasteiger partial charge in [0, 0.05) is 30.6 Å². The molecule has 0 bridgehead atoms. The Morgan fingerprint density at radius 3 is 3.03 bits per heavy atom. The lowest BCUT2D eigenvalue weighted by molar-refractivity contribution is -0.116. The van der Waals surface area contributed by atoms with E-state index in [1.807, 2.05) is 41.1 Å². The molecule has 1 aliphatic rings. The molecule has 3 aromatic rings. The number of pyridine rings is 1. The summed E-state index contributed by atoms with van der Waals surface area (Å²) in [5, 5.41) is 6.30. The number of fused-ring (bicyclic) bond motifs is 1. The van der Waals surface area contributed by atoms with Crippen molar-refractivity contribution in [2.75, 3.05) is 25.5 Å². The quantitative estimate of drug-likeness (QED) is 0.613. The van der Waals surface area contributed by atoms with Crippen molar-refractivity contribution in [3.05, 3.63) is 54.5 Å². The molecule has 1 aromatic carbocycles. The van der Waals surface area contributed by atoms with E-state index in [-0.39, 0.29) is 5.91 Å². The number of ether oxygens (including phenoxy) is 2. The molecule has 1 aliphatic heterocycles. The fourth-order valence-electron chi connectivity index (χ4n) is 3.60. The molecule has 2 aromatic heterocycles. The third-order valence-corrected chi connectivity index (χ3v) is 5.18. The fraction of sp³-hybridized carbons (Fsp3) is 0.364. The first-order valence-corrected chi connectivity index (χ1v) is 9.95. The summed E-state index contributed by atoms with van der Waals surface area (Å²) >= 11 is 0. The normalized spacial score (nSPS) is 16.1. The van der Waals surface area contributed by atoms with Crippen LogP contribution >= 0.6 is 0 Å². The molecule has 7 nitrogen and oxygen atoms in total. The summed E-state index contributed by atoms with van der Waals surface area (Å²) in [6.45, 7) is 2.37. The third kappa shape index (κ3) is 4.86. The lowest BCUT2D eigenvalue weighted by Crippen LogP contribution is -2.15. The molecule has 4 rings (SSSR count). The molecule has 29 heavy (non-hydrogen) atoms. The number of carbonyl (C=O) groups excluding carboxylic acids is 1. The van der Waals surface area contributed by atoms with Crippen LogP contribution in [0.25, 0.3) is 5.65 Å². The molecular formula is C22H26N4O3. The van der Waals surface area contributed by atoms with Crippen molar-refractivity contribution >= 4 is 17.2 Å². The van der Waals surface area contributed by atoms with Crippen LogP contribution in [0, 0.1) is 5.92 Å². The molecule has 1 unspecified atom stereocenters. The minimum Gasteiger partial charge on any atom is -0.493 e. The number of aromatic nitrogens is 2. The van der Waals surface area contributed by atoms with Gasteiger partial charge in [0.1, 0.15) is 12.3 Å². The largest absolute Gasteiger partial charge is 0.493 e. The number of hydrogen-bond acceptors (Lipinski definition) is 5. The van der Waals surface area contributed by atoms with E-state index in [0.717, 1.165) is 37.3 Å². The Kier molecular flexibility index (Phi) is 5.95. The van der Waals surface area contributed by atoms with E-state index in [1.165, 1.54) is 0 Å². The Balaban J connectivity index is 1.38. The highest BCUT2D eigenvalue weighted by molar-refractivity contribution is 5.91. The van der Waals surface area contributed by atoms with Crippen LogP contribution in [-0.4, -0.2) is 35.5 Å². The van der Waals surface area contributed by atoms with Crippen LogP contribution < -0.4 is 20.1 Å². The zero-order valence-corrected chi connectivity index (χ0v) is 16.6. The maximum Gasteiger partial charge on any atom is 0.224 e. The van der Waals surface area contributed by atoms with E-state index < -0.39 is 0 Å². The van der Waals surface area contributed by atoms with Crippen molar-refractivity contribution in [1.29, 1.82) is 0 Å². The Morgan fingerprint density at radius 2 is 2.24 bits per heavy atom. The zero-order chi connectivity index (χ0) is 20.1. The molecular weight excluding hydrogens is 368 g/mol. The molecule has 7 heteroatoms. The van der Waals surface area contributed by atoms with Crippen molar-refractivity contribution in [2.45, 2.75) is 25.9 Å². The topological polar surface area (TPSA) is 76.9 Å². The van der Waals surface area contributed by atoms with Gasteiger partial charge in [0.05, 0.1) is 12.8 Å². The van der Waals surface area contributed by atoms with Gasteiger partial charge < -0.3 is 24.5 Å². The lowest BCUT2D eigenvalue weighted by atomic mass is 10.0. The Labute approximate surface area is 170 Å². The highest BCUT2D eigenvalue weighted by Gasteiger charge is 2.16. The molecule has 2 N–H and O–H groups in total. The number of rotatable bonds is 8. The predicted molar refractivity (Wildman–Crippen MR) is 111 cm³/mol. The minimum absolute atomic E-state index is 0.0216. The standard InChI is InChI=1S/C22H26N4O3/c1-28-19-7-6-17(25-22(27)8-5-16-9-10-23-13-16)12-20(19)29-15-18-14-26-11-3-2-4-21(26)24-18/h2-4,6-7,11-12,14,16,23H,5,8-10,13,15H2,1H3,(H,25,27). The number of benzene rings is 1. The molecule has 0 saturated carbocycles. The molecule has 1 amide bonds. The van der Waals surface area contributed by atoms with Gasteiger partial charge in [-0.15, -0.1) is 0 Å². The summed E-state index contributed by atoms with van der Waals surface area (Å²) < 4.78 is 13.3. The summed E-state index contributed by atoms with van der Waals surface area (Å²) in [6, 6.07) is 11.3. The first-order valence-electron chi connectivity index (χ1n) is 9.95. The van der Waals surface area contributed by atoms with Crippen molar-refractivity contribution in [1.82, 2.24) is 14.7 Å². The van der Waals surface area contributed by atoms with Crippen molar-refractivity contribution in [2.24, 2.45) is 5.92 Å². The fourth-order valence-corrected chi connectivity index (χ4v) is 3.60. The summed E-state index contributed by atoms with van der Waals surface area (Å²) in [5.74, 6) is 1.81. The average molecular weight is 394 g/mol. The van der Waals surface area contributed by atoms with Gasteiger partial charge in [0.15, 0.2) is 11.5 Å². The van der Waals surface area contributed by atoms with Gasteiger partial charge in [-0.25, -0.2) is 4.98 Å². The Hall–Kier alpha value is -3.06. The molecule has 1 fully saturated rings. The highest BCUT2D eigenvalue weighted by atomic mass is 16.5. The Morgan fingerprint density at radius 1 is 1.31 bits per heavy atom. The van der Waals surface area contributed by atoms with Gasteiger partial charge in [0.2, 0.25) is 5.91 Å². The van der Waals surface area contributed by atoms with Crippen molar-refractivity contribution < 1.29 is 14.3 Å². The van der Waals surface area contributed by atoms with Crippen LogP contribution in [0.1, 0.15) is 25.0 Å². The van der Waals surface area contributed by atoms with Gasteiger partial charge in [-0.2, -0.15) is 0 Å². The summed E-state index contributed by atoms with van der Waals surface area (Å²) in [5.41, 5.74) is 2.39. The zero-order valence-electron chi connectivity index (χ0n) is 16.6. The second kappa shape index (κ2) is 8.96. The minimum atomic E-state index is 0.0216. The van der Waals surface area contributed by atoms with Crippen LogP contribution in [0.4, 0.5) is 5.69 Å². The van der Waals surface area contributed by atoms with Gasteiger partial charge in [-0.05, 0) is 56.1 Å². The van der Waals surface area contributed by atoms with E-state index in [0.29, 0.717) is 36.1 Å². The molecule has 1 atom stereocenters. The smallest absolute Gasteiger partial charge is 0.224 e. The molecule has 0 radical (unpaired) electrons. The molecule has 1 saturated heterocycles. The number of anilines is 1. The average Bonchev–Trinajstić information content (AvgIpc) is 3.40. The molecule has 3 heterocycles.